The predicted octanol–water partition coefficient (Wildman–Crippen LogP) is 5.85. The summed E-state index contributed by atoms with van der Waals surface area (Å²) in [6, 6.07) is 0. The van der Waals surface area contributed by atoms with Crippen molar-refractivity contribution in [3.05, 3.63) is 0 Å². The van der Waals surface area contributed by atoms with Gasteiger partial charge in [0.05, 0.1) is 64.7 Å². The second-order valence-corrected chi connectivity index (χ2v) is 18.4. The standard InChI is InChI=1S/C23H44N4O4S2.C18H34O8S2/c1-5-8-12-27(13-9-6-2)21-24-22(32-4)26-23(25-21)33-18-20(29)17-31-15-11-10-14-30-16-19(28)7-3;1-3-15(19)12-24-8-4-5-9-25-13-16(20)14-26-18(22)7-11-28-27-10-6-17(21)23-2/h19-20,28-29H,5-18H2,1-4H3;15-16,19-20H,3-14H2,1-2H3. The van der Waals surface area contributed by atoms with Crippen LogP contribution in [0.5, 0.6) is 0 Å². The van der Waals surface area contributed by atoms with Crippen LogP contribution < -0.4 is 4.90 Å². The second kappa shape index (κ2) is 42.8. The lowest BCUT2D eigenvalue weighted by molar-refractivity contribution is -0.147. The Labute approximate surface area is 382 Å². The summed E-state index contributed by atoms with van der Waals surface area (Å²) in [4.78, 5) is 38.6. The number of thioether (sulfide) groups is 2. The Hall–Kier alpha value is -1.17. The van der Waals surface area contributed by atoms with Crippen LogP contribution in [0.2, 0.25) is 0 Å². The molecule has 0 spiro atoms. The fourth-order valence-electron chi connectivity index (χ4n) is 4.56. The molecule has 358 valence electrons. The van der Waals surface area contributed by atoms with Gasteiger partial charge in [-0.2, -0.15) is 15.0 Å². The highest BCUT2D eigenvalue weighted by molar-refractivity contribution is 8.76. The topological polar surface area (TPSA) is 212 Å². The Morgan fingerprint density at radius 1 is 0.607 bits per heavy atom. The summed E-state index contributed by atoms with van der Waals surface area (Å²) in [7, 11) is 4.35. The fourth-order valence-corrected chi connectivity index (χ4v) is 7.65. The van der Waals surface area contributed by atoms with Crippen molar-refractivity contribution in [3.8, 4) is 0 Å². The summed E-state index contributed by atoms with van der Waals surface area (Å²) >= 11 is 2.95. The number of anilines is 1. The quantitative estimate of drug-likeness (QED) is 0.0263. The van der Waals surface area contributed by atoms with Gasteiger partial charge in [0, 0.05) is 56.8 Å². The number of aliphatic hydroxyl groups is 4. The highest BCUT2D eigenvalue weighted by Gasteiger charge is 2.15. The molecule has 1 aromatic rings. The minimum Gasteiger partial charge on any atom is -0.469 e. The number of rotatable bonds is 40. The molecule has 4 atom stereocenters. The number of carbonyl (C=O) groups is 2. The number of nitrogens with zero attached hydrogens (tertiary/aromatic N) is 4. The lowest BCUT2D eigenvalue weighted by Crippen LogP contribution is -2.28. The molecule has 16 nitrogen and oxygen atoms in total. The van der Waals surface area contributed by atoms with Crippen LogP contribution in [-0.2, 0) is 38.0 Å². The van der Waals surface area contributed by atoms with Crippen molar-refractivity contribution >= 4 is 63.0 Å². The summed E-state index contributed by atoms with van der Waals surface area (Å²) < 4.78 is 31.2. The maximum Gasteiger partial charge on any atom is 0.306 e. The molecule has 0 saturated carbocycles. The smallest absolute Gasteiger partial charge is 0.306 e. The van der Waals surface area contributed by atoms with E-state index >= 15 is 0 Å². The number of methoxy groups -OCH3 is 1. The van der Waals surface area contributed by atoms with Gasteiger partial charge in [0.1, 0.15) is 12.7 Å². The third kappa shape index (κ3) is 36.8. The van der Waals surface area contributed by atoms with Gasteiger partial charge in [0.15, 0.2) is 10.3 Å². The minimum atomic E-state index is -0.845. The molecule has 0 saturated heterocycles. The number of hydrogen-bond donors (Lipinski definition) is 4. The van der Waals surface area contributed by atoms with Crippen LogP contribution in [0, 0.1) is 0 Å². The third-order valence-corrected chi connectivity index (χ3v) is 12.3. The number of aliphatic hydroxyl groups excluding tert-OH is 4. The van der Waals surface area contributed by atoms with E-state index in [0.717, 1.165) is 70.4 Å². The van der Waals surface area contributed by atoms with Crippen LogP contribution in [0.4, 0.5) is 5.95 Å². The number of ether oxygens (including phenoxy) is 6. The average Bonchev–Trinajstić information content (AvgIpc) is 3.27. The van der Waals surface area contributed by atoms with Gasteiger partial charge in [0.2, 0.25) is 5.95 Å². The third-order valence-electron chi connectivity index (χ3n) is 8.38. The molecule has 0 bridgehead atoms. The normalized spacial score (nSPS) is 13.2. The SMILES string of the molecule is CCC(O)COCCCCOCC(O)COC(=O)CCSSCCC(=O)OC.CCCCN(CCCC)c1nc(SC)nc(SCC(O)COCCCCOCC(O)CC)n1. The highest BCUT2D eigenvalue weighted by Crippen LogP contribution is 2.23. The number of carbonyl (C=O) groups excluding carboxylic acids is 2. The summed E-state index contributed by atoms with van der Waals surface area (Å²) in [5.74, 6) is 1.80. The van der Waals surface area contributed by atoms with Crippen molar-refractivity contribution in [2.45, 2.75) is 139 Å². The first-order valence-corrected chi connectivity index (χ1v) is 26.4. The van der Waals surface area contributed by atoms with E-state index in [4.69, 9.17) is 23.7 Å². The zero-order valence-corrected chi connectivity index (χ0v) is 40.9. The van der Waals surface area contributed by atoms with Crippen LogP contribution in [0.3, 0.4) is 0 Å². The van der Waals surface area contributed by atoms with E-state index in [2.05, 4.69) is 38.4 Å². The van der Waals surface area contributed by atoms with Crippen molar-refractivity contribution in [3.63, 3.8) is 0 Å². The van der Waals surface area contributed by atoms with Gasteiger partial charge in [-0.05, 0) is 57.6 Å². The van der Waals surface area contributed by atoms with Gasteiger partial charge in [-0.25, -0.2) is 0 Å². The average molecular weight is 947 g/mol. The predicted molar refractivity (Wildman–Crippen MR) is 248 cm³/mol. The molecule has 4 N–H and O–H groups in total. The van der Waals surface area contributed by atoms with Crippen molar-refractivity contribution in [2.75, 3.05) is 108 Å². The lowest BCUT2D eigenvalue weighted by Gasteiger charge is -2.23. The zero-order valence-electron chi connectivity index (χ0n) is 37.7. The largest absolute Gasteiger partial charge is 0.469 e. The van der Waals surface area contributed by atoms with E-state index in [9.17, 15) is 30.0 Å². The van der Waals surface area contributed by atoms with Crippen molar-refractivity contribution in [1.29, 1.82) is 0 Å². The first kappa shape index (κ1) is 59.8. The van der Waals surface area contributed by atoms with E-state index in [1.54, 1.807) is 0 Å². The van der Waals surface area contributed by atoms with Crippen LogP contribution >= 0.6 is 45.1 Å². The van der Waals surface area contributed by atoms with Gasteiger partial charge in [-0.1, -0.05) is 85.6 Å². The van der Waals surface area contributed by atoms with E-state index < -0.39 is 18.3 Å². The number of unbranched alkanes of at least 4 members (excludes halogenated alkanes) is 4. The second-order valence-electron chi connectivity index (χ2n) is 14.0. The van der Waals surface area contributed by atoms with Gasteiger partial charge in [0.25, 0.3) is 0 Å². The maximum absolute atomic E-state index is 11.6. The van der Waals surface area contributed by atoms with Crippen LogP contribution in [0.1, 0.15) is 105 Å². The molecule has 1 heterocycles. The van der Waals surface area contributed by atoms with Crippen LogP contribution in [-0.4, -0.2) is 175 Å². The molecule has 0 aliphatic rings. The van der Waals surface area contributed by atoms with Crippen LogP contribution in [0.25, 0.3) is 0 Å². The Morgan fingerprint density at radius 2 is 1.07 bits per heavy atom. The fraction of sp³-hybridized carbons (Fsp3) is 0.878. The number of hydrogen-bond acceptors (Lipinski definition) is 20. The van der Waals surface area contributed by atoms with E-state index in [0.29, 0.717) is 86.5 Å². The molecule has 0 radical (unpaired) electrons. The maximum atomic E-state index is 11.6. The highest BCUT2D eigenvalue weighted by atomic mass is 33.1. The van der Waals surface area contributed by atoms with Crippen LogP contribution in [0.15, 0.2) is 10.3 Å². The summed E-state index contributed by atoms with van der Waals surface area (Å²) in [6.07, 6.45) is 9.56. The molecule has 0 aromatic carbocycles. The summed E-state index contributed by atoms with van der Waals surface area (Å²) in [6.45, 7) is 13.4. The summed E-state index contributed by atoms with van der Waals surface area (Å²) in [5.41, 5.74) is 0. The Bertz CT molecular complexity index is 1180. The van der Waals surface area contributed by atoms with Crippen molar-refractivity contribution < 1.29 is 58.4 Å². The minimum absolute atomic E-state index is 0.0863. The first-order valence-electron chi connectivity index (χ1n) is 21.7. The van der Waals surface area contributed by atoms with Crippen molar-refractivity contribution in [2.24, 2.45) is 0 Å². The van der Waals surface area contributed by atoms with Gasteiger partial charge < -0.3 is 53.7 Å². The number of aromatic nitrogens is 3. The molecule has 61 heavy (non-hydrogen) atoms. The first-order chi connectivity index (χ1) is 29.5. The molecule has 1 aromatic heterocycles. The lowest BCUT2D eigenvalue weighted by atomic mass is 10.3. The molecular weight excluding hydrogens is 869 g/mol. The van der Waals surface area contributed by atoms with Gasteiger partial charge in [-0.15, -0.1) is 0 Å². The van der Waals surface area contributed by atoms with E-state index in [1.807, 2.05) is 20.1 Å². The zero-order chi connectivity index (χ0) is 45.4. The van der Waals surface area contributed by atoms with Crippen molar-refractivity contribution in [1.82, 2.24) is 15.0 Å². The monoisotopic (exact) mass is 946 g/mol. The Morgan fingerprint density at radius 3 is 1.52 bits per heavy atom. The molecular formula is C41H78N4O12S4. The molecule has 0 aliphatic heterocycles. The van der Waals surface area contributed by atoms with E-state index in [-0.39, 0.29) is 44.3 Å². The molecule has 0 aliphatic carbocycles. The Balaban J connectivity index is 0.00000120. The molecule has 0 fully saturated rings. The summed E-state index contributed by atoms with van der Waals surface area (Å²) in [5, 5.41) is 40.1. The molecule has 1 rings (SSSR count). The number of esters is 2. The molecule has 0 amide bonds. The molecule has 4 unspecified atom stereocenters. The van der Waals surface area contributed by atoms with Gasteiger partial charge in [-0.3, -0.25) is 9.59 Å². The molecule has 20 heteroatoms. The Kier molecular flexibility index (Phi) is 41.9. The van der Waals surface area contributed by atoms with Gasteiger partial charge >= 0.3 is 11.9 Å². The van der Waals surface area contributed by atoms with E-state index in [1.165, 1.54) is 52.2 Å².